The van der Waals surface area contributed by atoms with Gasteiger partial charge in [0.2, 0.25) is 0 Å². The van der Waals surface area contributed by atoms with E-state index in [0.29, 0.717) is 42.7 Å². The molecule has 5 nitrogen and oxygen atoms in total. The van der Waals surface area contributed by atoms with Crippen LogP contribution in [0.15, 0.2) is 12.1 Å². The van der Waals surface area contributed by atoms with Crippen LogP contribution in [0.5, 0.6) is 11.5 Å². The topological polar surface area (TPSA) is 67.8 Å². The average molecular weight is 298 g/mol. The minimum absolute atomic E-state index is 0.111. The zero-order valence-corrected chi connectivity index (χ0v) is 11.7. The highest BCUT2D eigenvalue weighted by molar-refractivity contribution is 6.31. The number of halogens is 1. The van der Waals surface area contributed by atoms with E-state index in [1.54, 1.807) is 12.1 Å². The van der Waals surface area contributed by atoms with E-state index in [1.807, 2.05) is 0 Å². The third-order valence-corrected chi connectivity index (χ3v) is 4.06. The van der Waals surface area contributed by atoms with Crippen LogP contribution in [-0.4, -0.2) is 30.8 Å². The van der Waals surface area contributed by atoms with Gasteiger partial charge in [-0.05, 0) is 18.6 Å². The first-order valence-corrected chi connectivity index (χ1v) is 7.09. The van der Waals surface area contributed by atoms with Gasteiger partial charge in [0, 0.05) is 29.6 Å². The number of carbonyl (C=O) groups is 1. The van der Waals surface area contributed by atoms with Crippen LogP contribution < -0.4 is 14.8 Å². The van der Waals surface area contributed by atoms with Crippen LogP contribution in [0.4, 0.5) is 0 Å². The van der Waals surface area contributed by atoms with E-state index in [0.717, 1.165) is 12.0 Å². The van der Waals surface area contributed by atoms with Gasteiger partial charge in [-0.3, -0.25) is 4.79 Å². The molecule has 2 aliphatic rings. The minimum Gasteiger partial charge on any atom is -0.490 e. The monoisotopic (exact) mass is 297 g/mol. The second kappa shape index (κ2) is 5.50. The Labute approximate surface area is 121 Å². The van der Waals surface area contributed by atoms with Crippen LogP contribution in [0, 0.1) is 5.92 Å². The number of hydrogen-bond donors (Lipinski definition) is 2. The van der Waals surface area contributed by atoms with Crippen molar-refractivity contribution in [2.24, 2.45) is 5.92 Å². The molecule has 0 aromatic heterocycles. The minimum atomic E-state index is -0.782. The van der Waals surface area contributed by atoms with Gasteiger partial charge in [0.05, 0.1) is 19.1 Å². The molecule has 108 valence electrons. The summed E-state index contributed by atoms with van der Waals surface area (Å²) in [6.07, 6.45) is 1.33. The first kappa shape index (κ1) is 13.5. The third-order valence-electron chi connectivity index (χ3n) is 3.73. The number of aliphatic carboxylic acids is 1. The Morgan fingerprint density at radius 1 is 1.35 bits per heavy atom. The molecule has 3 rings (SSSR count). The van der Waals surface area contributed by atoms with Crippen LogP contribution in [0.3, 0.4) is 0 Å². The Morgan fingerprint density at radius 3 is 2.90 bits per heavy atom. The number of carboxylic acid groups (broad SMARTS) is 1. The van der Waals surface area contributed by atoms with Crippen molar-refractivity contribution in [2.45, 2.75) is 18.9 Å². The smallest absolute Gasteiger partial charge is 0.307 e. The Hall–Kier alpha value is -1.46. The molecule has 0 bridgehead atoms. The van der Waals surface area contributed by atoms with Crippen molar-refractivity contribution in [1.29, 1.82) is 0 Å². The fraction of sp³-hybridized carbons (Fsp3) is 0.500. The van der Waals surface area contributed by atoms with E-state index in [4.69, 9.17) is 26.2 Å². The molecule has 1 aromatic carbocycles. The van der Waals surface area contributed by atoms with Crippen molar-refractivity contribution in [3.05, 3.63) is 22.7 Å². The molecule has 0 aliphatic carbocycles. The summed E-state index contributed by atoms with van der Waals surface area (Å²) in [5, 5.41) is 12.9. The first-order valence-electron chi connectivity index (χ1n) is 6.71. The summed E-state index contributed by atoms with van der Waals surface area (Å²) in [4.78, 5) is 11.1. The molecule has 20 heavy (non-hydrogen) atoms. The average Bonchev–Trinajstić information content (AvgIpc) is 2.78. The van der Waals surface area contributed by atoms with Gasteiger partial charge in [-0.25, -0.2) is 0 Å². The molecule has 1 aromatic rings. The Balaban J connectivity index is 1.95. The molecule has 2 unspecified atom stereocenters. The van der Waals surface area contributed by atoms with Crippen molar-refractivity contribution in [3.8, 4) is 11.5 Å². The second-order valence-corrected chi connectivity index (χ2v) is 5.48. The van der Waals surface area contributed by atoms with Crippen molar-refractivity contribution in [3.63, 3.8) is 0 Å². The molecule has 1 saturated heterocycles. The number of hydrogen-bond acceptors (Lipinski definition) is 4. The van der Waals surface area contributed by atoms with E-state index in [1.165, 1.54) is 0 Å². The Morgan fingerprint density at radius 2 is 2.15 bits per heavy atom. The zero-order valence-electron chi connectivity index (χ0n) is 10.9. The third kappa shape index (κ3) is 2.43. The van der Waals surface area contributed by atoms with Crippen molar-refractivity contribution in [1.82, 2.24) is 5.32 Å². The molecule has 1 fully saturated rings. The molecule has 0 amide bonds. The van der Waals surface area contributed by atoms with E-state index in [-0.39, 0.29) is 6.04 Å². The number of rotatable bonds is 2. The second-order valence-electron chi connectivity index (χ2n) is 5.07. The fourth-order valence-corrected chi connectivity index (χ4v) is 2.98. The van der Waals surface area contributed by atoms with Gasteiger partial charge in [0.1, 0.15) is 0 Å². The van der Waals surface area contributed by atoms with Gasteiger partial charge in [-0.15, -0.1) is 0 Å². The molecule has 2 atom stereocenters. The van der Waals surface area contributed by atoms with Crippen LogP contribution in [0.2, 0.25) is 5.02 Å². The van der Waals surface area contributed by atoms with Crippen LogP contribution in [0.25, 0.3) is 0 Å². The standard InChI is InChI=1S/C14H16ClNO4/c15-9-2-3-11-13(20-5-1-4-19-11)12(9)10-6-8(7-16-10)14(17)18/h2-3,8,10,16H,1,4-7H2,(H,17,18). The highest BCUT2D eigenvalue weighted by atomic mass is 35.5. The van der Waals surface area contributed by atoms with Crippen LogP contribution >= 0.6 is 11.6 Å². The van der Waals surface area contributed by atoms with E-state index in [9.17, 15) is 4.79 Å². The van der Waals surface area contributed by atoms with Gasteiger partial charge in [-0.2, -0.15) is 0 Å². The molecule has 6 heteroatoms. The van der Waals surface area contributed by atoms with Gasteiger partial charge < -0.3 is 19.9 Å². The molecule has 0 spiro atoms. The quantitative estimate of drug-likeness (QED) is 0.876. The summed E-state index contributed by atoms with van der Waals surface area (Å²) < 4.78 is 11.4. The molecular formula is C14H16ClNO4. The summed E-state index contributed by atoms with van der Waals surface area (Å²) in [5.74, 6) is 0.162. The SMILES string of the molecule is O=C(O)C1CNC(c2c(Cl)ccc3c2OCCCO3)C1. The van der Waals surface area contributed by atoms with Gasteiger partial charge >= 0.3 is 5.97 Å². The number of benzene rings is 1. The van der Waals surface area contributed by atoms with Crippen LogP contribution in [-0.2, 0) is 4.79 Å². The lowest BCUT2D eigenvalue weighted by atomic mass is 9.99. The summed E-state index contributed by atoms with van der Waals surface area (Å²) >= 11 is 6.30. The number of carboxylic acids is 1. The van der Waals surface area contributed by atoms with Gasteiger partial charge in [0.15, 0.2) is 11.5 Å². The largest absolute Gasteiger partial charge is 0.490 e. The highest BCUT2D eigenvalue weighted by Gasteiger charge is 2.34. The number of fused-ring (bicyclic) bond motifs is 1. The molecule has 0 radical (unpaired) electrons. The fourth-order valence-electron chi connectivity index (χ4n) is 2.70. The molecule has 2 N–H and O–H groups in total. The lowest BCUT2D eigenvalue weighted by molar-refractivity contribution is -0.141. The predicted octanol–water partition coefficient (Wildman–Crippen LogP) is 2.24. The van der Waals surface area contributed by atoms with E-state index in [2.05, 4.69) is 5.32 Å². The Bertz CT molecular complexity index is 534. The lowest BCUT2D eigenvalue weighted by Gasteiger charge is -2.19. The first-order chi connectivity index (χ1) is 9.66. The molecule has 0 saturated carbocycles. The van der Waals surface area contributed by atoms with Gasteiger partial charge in [-0.1, -0.05) is 11.6 Å². The maximum Gasteiger partial charge on any atom is 0.307 e. The van der Waals surface area contributed by atoms with Crippen molar-refractivity contribution >= 4 is 17.6 Å². The van der Waals surface area contributed by atoms with Gasteiger partial charge in [0.25, 0.3) is 0 Å². The summed E-state index contributed by atoms with van der Waals surface area (Å²) in [5.41, 5.74) is 0.815. The number of nitrogens with one attached hydrogen (secondary N) is 1. The zero-order chi connectivity index (χ0) is 14.1. The molecule has 2 heterocycles. The van der Waals surface area contributed by atoms with Crippen molar-refractivity contribution < 1.29 is 19.4 Å². The maximum absolute atomic E-state index is 11.1. The van der Waals surface area contributed by atoms with E-state index >= 15 is 0 Å². The Kier molecular flexibility index (Phi) is 3.72. The van der Waals surface area contributed by atoms with E-state index < -0.39 is 11.9 Å². The molecule has 2 aliphatic heterocycles. The summed E-state index contributed by atoms with van der Waals surface area (Å²) in [6, 6.07) is 3.47. The maximum atomic E-state index is 11.1. The summed E-state index contributed by atoms with van der Waals surface area (Å²) in [6.45, 7) is 1.64. The molecular weight excluding hydrogens is 282 g/mol. The predicted molar refractivity (Wildman–Crippen MR) is 73.5 cm³/mol. The number of ether oxygens (including phenoxy) is 2. The van der Waals surface area contributed by atoms with Crippen LogP contribution in [0.1, 0.15) is 24.4 Å². The van der Waals surface area contributed by atoms with Crippen molar-refractivity contribution in [2.75, 3.05) is 19.8 Å². The lowest BCUT2D eigenvalue weighted by Crippen LogP contribution is -2.17. The normalized spacial score (nSPS) is 25.2. The highest BCUT2D eigenvalue weighted by Crippen LogP contribution is 2.44. The summed E-state index contributed by atoms with van der Waals surface area (Å²) in [7, 11) is 0.